The van der Waals surface area contributed by atoms with E-state index in [-0.39, 0.29) is 11.3 Å². The second-order valence-electron chi connectivity index (χ2n) is 7.10. The summed E-state index contributed by atoms with van der Waals surface area (Å²) in [6.45, 7) is 0. The van der Waals surface area contributed by atoms with Gasteiger partial charge in [-0.25, -0.2) is 9.59 Å². The number of carbonyl (C=O) groups excluding carboxylic acids is 2. The van der Waals surface area contributed by atoms with Gasteiger partial charge in [-0.05, 0) is 39.8 Å². The second kappa shape index (κ2) is 8.48. The van der Waals surface area contributed by atoms with Gasteiger partial charge in [0.1, 0.15) is 5.76 Å². The Bertz CT molecular complexity index is 1190. The summed E-state index contributed by atoms with van der Waals surface area (Å²) < 4.78 is 15.2. The summed E-state index contributed by atoms with van der Waals surface area (Å²) in [6, 6.07) is 22.1. The molecule has 3 aromatic carbocycles. The molecule has 0 N–H and O–H groups in total. The van der Waals surface area contributed by atoms with Gasteiger partial charge in [0, 0.05) is 5.56 Å². The molecule has 0 unspecified atom stereocenters. The molecule has 4 rings (SSSR count). The van der Waals surface area contributed by atoms with E-state index in [1.54, 1.807) is 0 Å². The summed E-state index contributed by atoms with van der Waals surface area (Å²) in [6.07, 6.45) is 0.808. The first-order valence-corrected chi connectivity index (χ1v) is 9.85. The first kappa shape index (κ1) is 20.4. The fourth-order valence-corrected chi connectivity index (χ4v) is 4.15. The number of hydrogen-bond acceptors (Lipinski definition) is 5. The number of rotatable bonds is 5. The molecule has 156 valence electrons. The third-order valence-electron chi connectivity index (χ3n) is 5.52. The van der Waals surface area contributed by atoms with Gasteiger partial charge >= 0.3 is 11.9 Å². The fraction of sp³-hybridized carbons (Fsp3) is 0.154. The van der Waals surface area contributed by atoms with Crippen molar-refractivity contribution in [2.24, 2.45) is 0 Å². The topological polar surface area (TPSA) is 61.8 Å². The van der Waals surface area contributed by atoms with Crippen LogP contribution in [-0.4, -0.2) is 33.3 Å². The number of carbonyl (C=O) groups is 2. The second-order valence-corrected chi connectivity index (χ2v) is 7.10. The van der Waals surface area contributed by atoms with Gasteiger partial charge in [-0.2, -0.15) is 0 Å². The summed E-state index contributed by atoms with van der Waals surface area (Å²) in [5.41, 5.74) is 7.09. The van der Waals surface area contributed by atoms with Crippen LogP contribution in [0.5, 0.6) is 0 Å². The van der Waals surface area contributed by atoms with Crippen molar-refractivity contribution in [1.82, 2.24) is 0 Å². The maximum atomic E-state index is 12.4. The highest BCUT2D eigenvalue weighted by atomic mass is 16.5. The molecule has 0 heterocycles. The van der Waals surface area contributed by atoms with Gasteiger partial charge in [-0.3, -0.25) is 0 Å². The van der Waals surface area contributed by atoms with E-state index in [0.29, 0.717) is 5.56 Å². The standard InChI is InChI=1S/C26H22O5/c1-29-24(23(25(27)30-2)26(28)31-3)21-12-7-6-11-19(21)20-14-8-13-18-17-10-5-4-9-16(17)15-22(18)20/h4-14H,15H2,1-3H3. The van der Waals surface area contributed by atoms with Crippen LogP contribution >= 0.6 is 0 Å². The van der Waals surface area contributed by atoms with Crippen molar-refractivity contribution < 1.29 is 23.8 Å². The minimum Gasteiger partial charge on any atom is -0.495 e. The van der Waals surface area contributed by atoms with E-state index < -0.39 is 11.9 Å². The van der Waals surface area contributed by atoms with Crippen molar-refractivity contribution in [2.45, 2.75) is 6.42 Å². The molecule has 0 saturated carbocycles. The number of esters is 2. The summed E-state index contributed by atoms with van der Waals surface area (Å²) in [5.74, 6) is -1.52. The molecule has 0 atom stereocenters. The van der Waals surface area contributed by atoms with Crippen LogP contribution in [-0.2, 0) is 30.2 Å². The lowest BCUT2D eigenvalue weighted by molar-refractivity contribution is -0.144. The number of methoxy groups -OCH3 is 3. The summed E-state index contributed by atoms with van der Waals surface area (Å²) in [4.78, 5) is 24.8. The molecule has 1 aliphatic rings. The molecule has 31 heavy (non-hydrogen) atoms. The Hall–Kier alpha value is -3.86. The molecule has 3 aromatic rings. The third kappa shape index (κ3) is 3.48. The van der Waals surface area contributed by atoms with Crippen molar-refractivity contribution >= 4 is 17.7 Å². The Morgan fingerprint density at radius 3 is 1.84 bits per heavy atom. The minimum atomic E-state index is -0.816. The van der Waals surface area contributed by atoms with E-state index in [9.17, 15) is 9.59 Å². The molecular weight excluding hydrogens is 392 g/mol. The van der Waals surface area contributed by atoms with E-state index in [4.69, 9.17) is 14.2 Å². The summed E-state index contributed by atoms with van der Waals surface area (Å²) >= 11 is 0. The number of fused-ring (bicyclic) bond motifs is 3. The van der Waals surface area contributed by atoms with Gasteiger partial charge in [0.05, 0.1) is 21.3 Å². The van der Waals surface area contributed by atoms with E-state index >= 15 is 0 Å². The molecule has 5 heteroatoms. The van der Waals surface area contributed by atoms with Gasteiger partial charge in [0.15, 0.2) is 5.57 Å². The SMILES string of the molecule is COC(=O)C(C(=O)OC)=C(OC)c1ccccc1-c1cccc2c1Cc1ccccc1-2. The van der Waals surface area contributed by atoms with Crippen molar-refractivity contribution in [3.8, 4) is 22.3 Å². The zero-order valence-electron chi connectivity index (χ0n) is 17.6. The van der Waals surface area contributed by atoms with Crippen LogP contribution in [0.2, 0.25) is 0 Å². The van der Waals surface area contributed by atoms with Crippen LogP contribution < -0.4 is 0 Å². The average Bonchev–Trinajstić information content (AvgIpc) is 3.20. The van der Waals surface area contributed by atoms with Gasteiger partial charge in [-0.15, -0.1) is 0 Å². The average molecular weight is 414 g/mol. The minimum absolute atomic E-state index is 0.113. The van der Waals surface area contributed by atoms with Gasteiger partial charge in [0.2, 0.25) is 0 Å². The third-order valence-corrected chi connectivity index (χ3v) is 5.52. The largest absolute Gasteiger partial charge is 0.495 e. The summed E-state index contributed by atoms with van der Waals surface area (Å²) in [7, 11) is 3.85. The maximum absolute atomic E-state index is 12.4. The van der Waals surface area contributed by atoms with Crippen molar-refractivity contribution in [1.29, 1.82) is 0 Å². The predicted octanol–water partition coefficient (Wildman–Crippen LogP) is 4.63. The van der Waals surface area contributed by atoms with Crippen LogP contribution in [0.15, 0.2) is 72.3 Å². The first-order valence-electron chi connectivity index (χ1n) is 9.85. The predicted molar refractivity (Wildman–Crippen MR) is 118 cm³/mol. The highest BCUT2D eigenvalue weighted by Crippen LogP contribution is 2.43. The zero-order valence-corrected chi connectivity index (χ0v) is 17.6. The van der Waals surface area contributed by atoms with Crippen molar-refractivity contribution in [2.75, 3.05) is 21.3 Å². The lowest BCUT2D eigenvalue weighted by atomic mass is 9.91. The van der Waals surface area contributed by atoms with E-state index in [2.05, 4.69) is 18.2 Å². The Labute approximate surface area is 180 Å². The van der Waals surface area contributed by atoms with E-state index in [1.807, 2.05) is 48.5 Å². The monoisotopic (exact) mass is 414 g/mol. The van der Waals surface area contributed by atoms with Gasteiger partial charge < -0.3 is 14.2 Å². The Morgan fingerprint density at radius 2 is 1.19 bits per heavy atom. The molecule has 0 saturated heterocycles. The Balaban J connectivity index is 1.95. The molecule has 0 aliphatic heterocycles. The number of benzene rings is 3. The quantitative estimate of drug-likeness (QED) is 0.157. The Morgan fingerprint density at radius 1 is 0.645 bits per heavy atom. The molecule has 0 spiro atoms. The Kier molecular flexibility index (Phi) is 5.58. The van der Waals surface area contributed by atoms with Gasteiger partial charge in [0.25, 0.3) is 0 Å². The molecule has 5 nitrogen and oxygen atoms in total. The molecular formula is C26H22O5. The van der Waals surface area contributed by atoms with Crippen LogP contribution in [0.3, 0.4) is 0 Å². The molecule has 0 aromatic heterocycles. The highest BCUT2D eigenvalue weighted by Gasteiger charge is 2.29. The van der Waals surface area contributed by atoms with Crippen LogP contribution in [0.25, 0.3) is 28.0 Å². The van der Waals surface area contributed by atoms with Crippen molar-refractivity contribution in [3.05, 3.63) is 89.0 Å². The first-order chi connectivity index (χ1) is 15.1. The van der Waals surface area contributed by atoms with Gasteiger partial charge in [-0.1, -0.05) is 66.7 Å². The van der Waals surface area contributed by atoms with E-state index in [0.717, 1.165) is 17.5 Å². The zero-order chi connectivity index (χ0) is 22.0. The summed E-state index contributed by atoms with van der Waals surface area (Å²) in [5, 5.41) is 0. The van der Waals surface area contributed by atoms with Crippen LogP contribution in [0.4, 0.5) is 0 Å². The number of hydrogen-bond donors (Lipinski definition) is 0. The van der Waals surface area contributed by atoms with E-state index in [1.165, 1.54) is 43.6 Å². The number of ether oxygens (including phenoxy) is 3. The van der Waals surface area contributed by atoms with Crippen LogP contribution in [0.1, 0.15) is 16.7 Å². The lowest BCUT2D eigenvalue weighted by Crippen LogP contribution is -2.19. The molecule has 0 fully saturated rings. The molecule has 0 amide bonds. The van der Waals surface area contributed by atoms with Crippen LogP contribution in [0, 0.1) is 0 Å². The smallest absolute Gasteiger partial charge is 0.349 e. The van der Waals surface area contributed by atoms with Crippen molar-refractivity contribution in [3.63, 3.8) is 0 Å². The maximum Gasteiger partial charge on any atom is 0.349 e. The molecule has 1 aliphatic carbocycles. The normalized spacial score (nSPS) is 11.2. The molecule has 0 radical (unpaired) electrons. The molecule has 0 bridgehead atoms. The highest BCUT2D eigenvalue weighted by molar-refractivity contribution is 6.19. The lowest BCUT2D eigenvalue weighted by Gasteiger charge is -2.17. The fourth-order valence-electron chi connectivity index (χ4n) is 4.15.